The van der Waals surface area contributed by atoms with E-state index in [1.54, 1.807) is 0 Å². The second-order valence-corrected chi connectivity index (χ2v) is 7.36. The van der Waals surface area contributed by atoms with Gasteiger partial charge in [0.25, 0.3) is 0 Å². The van der Waals surface area contributed by atoms with Crippen molar-refractivity contribution in [1.29, 1.82) is 0 Å². The Labute approximate surface area is 152 Å². The van der Waals surface area contributed by atoms with Gasteiger partial charge in [-0.15, -0.1) is 12.4 Å². The van der Waals surface area contributed by atoms with Crippen LogP contribution in [0.2, 0.25) is 0 Å². The lowest BCUT2D eigenvalue weighted by atomic mass is 10.1. The maximum absolute atomic E-state index is 12.3. The second-order valence-electron chi connectivity index (χ2n) is 6.37. The Kier molecular flexibility index (Phi) is 7.72. The number of hydrogen-bond acceptors (Lipinski definition) is 3. The highest BCUT2D eigenvalue weighted by Gasteiger charge is 2.12. The Hall–Kier alpha value is -0.910. The Morgan fingerprint density at radius 2 is 1.83 bits per heavy atom. The van der Waals surface area contributed by atoms with Crippen molar-refractivity contribution >= 4 is 34.0 Å². The van der Waals surface area contributed by atoms with Gasteiger partial charge in [0, 0.05) is 13.1 Å². The molecule has 2 aromatic rings. The number of likely N-dealkylation sites (tertiary alicyclic amines) is 1. The van der Waals surface area contributed by atoms with Crippen molar-refractivity contribution in [2.45, 2.75) is 45.1 Å². The third-order valence-corrected chi connectivity index (χ3v) is 5.61. The second kappa shape index (κ2) is 9.54. The summed E-state index contributed by atoms with van der Waals surface area (Å²) in [6.07, 6.45) is 6.51. The molecule has 1 aliphatic rings. The topological polar surface area (TPSA) is 25.2 Å². The van der Waals surface area contributed by atoms with E-state index in [1.165, 1.54) is 37.0 Å². The number of aromatic nitrogens is 1. The molecule has 0 amide bonds. The van der Waals surface area contributed by atoms with E-state index in [4.69, 9.17) is 0 Å². The Morgan fingerprint density at radius 1 is 1.08 bits per heavy atom. The summed E-state index contributed by atoms with van der Waals surface area (Å²) >= 11 is 1.31. The molecule has 0 saturated carbocycles. The fourth-order valence-electron chi connectivity index (χ4n) is 3.35. The standard InChI is InChI=1S/C18H25FN2OS.ClH/c19-9-5-6-15-7-8-16-17(14-15)23-18(22)21(16)13-12-20-10-3-1-2-4-11-20;/h7-8,14H,1-6,9-13H2;1H. The summed E-state index contributed by atoms with van der Waals surface area (Å²) in [6.45, 7) is 3.75. The largest absolute Gasteiger partial charge is 0.308 e. The predicted molar refractivity (Wildman–Crippen MR) is 103 cm³/mol. The van der Waals surface area contributed by atoms with Gasteiger partial charge in [-0.3, -0.25) is 13.8 Å². The van der Waals surface area contributed by atoms with Gasteiger partial charge in [0.05, 0.1) is 16.9 Å². The Bertz CT molecular complexity index is 692. The summed E-state index contributed by atoms with van der Waals surface area (Å²) in [5.41, 5.74) is 2.15. The van der Waals surface area contributed by atoms with Crippen molar-refractivity contribution in [3.8, 4) is 0 Å². The first-order valence-electron chi connectivity index (χ1n) is 8.68. The molecule has 2 heterocycles. The maximum Gasteiger partial charge on any atom is 0.308 e. The number of hydrogen-bond donors (Lipinski definition) is 0. The van der Waals surface area contributed by atoms with Crippen molar-refractivity contribution in [2.24, 2.45) is 0 Å². The van der Waals surface area contributed by atoms with Crippen LogP contribution >= 0.6 is 23.7 Å². The van der Waals surface area contributed by atoms with Gasteiger partial charge in [0.1, 0.15) is 0 Å². The van der Waals surface area contributed by atoms with Gasteiger partial charge in [-0.1, -0.05) is 30.2 Å². The summed E-state index contributed by atoms with van der Waals surface area (Å²) in [5.74, 6) is 0. The molecule has 6 heteroatoms. The molecule has 24 heavy (non-hydrogen) atoms. The first-order valence-corrected chi connectivity index (χ1v) is 9.50. The van der Waals surface area contributed by atoms with Crippen LogP contribution in [0, 0.1) is 0 Å². The zero-order chi connectivity index (χ0) is 16.1. The number of thiazole rings is 1. The lowest BCUT2D eigenvalue weighted by Gasteiger charge is -2.19. The molecule has 3 nitrogen and oxygen atoms in total. The Balaban J connectivity index is 0.00000208. The van der Waals surface area contributed by atoms with E-state index < -0.39 is 0 Å². The smallest absolute Gasteiger partial charge is 0.302 e. The van der Waals surface area contributed by atoms with Crippen molar-refractivity contribution in [3.05, 3.63) is 33.4 Å². The van der Waals surface area contributed by atoms with Gasteiger partial charge in [0.2, 0.25) is 0 Å². The minimum absolute atomic E-state index is 0. The van der Waals surface area contributed by atoms with Crippen LogP contribution in [-0.4, -0.2) is 35.8 Å². The molecule has 134 valence electrons. The zero-order valence-corrected chi connectivity index (χ0v) is 15.6. The number of aryl methyl sites for hydroxylation is 1. The van der Waals surface area contributed by atoms with Gasteiger partial charge >= 0.3 is 4.87 Å². The number of alkyl halides is 1. The first-order chi connectivity index (χ1) is 11.3. The first kappa shape index (κ1) is 19.4. The van der Waals surface area contributed by atoms with Gasteiger partial charge in [-0.05, 0) is 56.5 Å². The average Bonchev–Trinajstić information content (AvgIpc) is 2.73. The van der Waals surface area contributed by atoms with Crippen molar-refractivity contribution in [2.75, 3.05) is 26.3 Å². The molecule has 0 unspecified atom stereocenters. The SMILES string of the molecule is Cl.O=c1sc2cc(CCCF)ccc2n1CCN1CCCCCC1. The van der Waals surface area contributed by atoms with E-state index in [9.17, 15) is 9.18 Å². The molecule has 0 aliphatic carbocycles. The Morgan fingerprint density at radius 3 is 2.54 bits per heavy atom. The van der Waals surface area contributed by atoms with Crippen LogP contribution in [0.3, 0.4) is 0 Å². The third-order valence-electron chi connectivity index (χ3n) is 4.67. The molecule has 0 radical (unpaired) electrons. The molecule has 0 spiro atoms. The van der Waals surface area contributed by atoms with Crippen LogP contribution < -0.4 is 4.87 Å². The minimum atomic E-state index is -0.287. The van der Waals surface area contributed by atoms with Crippen LogP contribution in [0.1, 0.15) is 37.7 Å². The van der Waals surface area contributed by atoms with Gasteiger partial charge in [0.15, 0.2) is 0 Å². The number of rotatable bonds is 6. The van der Waals surface area contributed by atoms with Crippen molar-refractivity contribution in [3.63, 3.8) is 0 Å². The van der Waals surface area contributed by atoms with E-state index in [1.807, 2.05) is 16.7 Å². The molecule has 0 N–H and O–H groups in total. The van der Waals surface area contributed by atoms with E-state index in [2.05, 4.69) is 11.0 Å². The molecule has 1 aliphatic heterocycles. The summed E-state index contributed by atoms with van der Waals surface area (Å²) in [4.78, 5) is 14.9. The predicted octanol–water partition coefficient (Wildman–Crippen LogP) is 4.26. The molecule has 0 bridgehead atoms. The van der Waals surface area contributed by atoms with Crippen LogP contribution in [-0.2, 0) is 13.0 Å². The third kappa shape index (κ3) is 4.80. The van der Waals surface area contributed by atoms with Crippen LogP contribution in [0.15, 0.2) is 23.0 Å². The quantitative estimate of drug-likeness (QED) is 0.756. The molecule has 1 aromatic carbocycles. The zero-order valence-electron chi connectivity index (χ0n) is 14.0. The molecular weight excluding hydrogens is 347 g/mol. The summed E-state index contributed by atoms with van der Waals surface area (Å²) in [6, 6.07) is 6.12. The summed E-state index contributed by atoms with van der Waals surface area (Å²) in [5, 5.41) is 0. The highest BCUT2D eigenvalue weighted by Crippen LogP contribution is 2.20. The van der Waals surface area contributed by atoms with Crippen LogP contribution in [0.25, 0.3) is 10.2 Å². The number of benzene rings is 1. The van der Waals surface area contributed by atoms with Gasteiger partial charge in [-0.2, -0.15) is 0 Å². The molecule has 1 fully saturated rings. The van der Waals surface area contributed by atoms with Crippen molar-refractivity contribution < 1.29 is 4.39 Å². The molecule has 0 atom stereocenters. The number of nitrogens with zero attached hydrogens (tertiary/aromatic N) is 2. The molecule has 1 saturated heterocycles. The number of fused-ring (bicyclic) bond motifs is 1. The van der Waals surface area contributed by atoms with E-state index in [0.29, 0.717) is 6.42 Å². The monoisotopic (exact) mass is 372 g/mol. The fourth-order valence-corrected chi connectivity index (χ4v) is 4.33. The molecular formula is C18H26ClFN2OS. The lowest BCUT2D eigenvalue weighted by Crippen LogP contribution is -2.30. The van der Waals surface area contributed by atoms with E-state index in [0.717, 1.165) is 48.4 Å². The van der Waals surface area contributed by atoms with Crippen molar-refractivity contribution in [1.82, 2.24) is 9.47 Å². The number of halogens is 2. The van der Waals surface area contributed by atoms with Gasteiger partial charge < -0.3 is 4.90 Å². The maximum atomic E-state index is 12.3. The van der Waals surface area contributed by atoms with Crippen LogP contribution in [0.5, 0.6) is 0 Å². The lowest BCUT2D eigenvalue weighted by molar-refractivity contribution is 0.274. The average molecular weight is 373 g/mol. The van der Waals surface area contributed by atoms with Crippen LogP contribution in [0.4, 0.5) is 4.39 Å². The summed E-state index contributed by atoms with van der Waals surface area (Å²) in [7, 11) is 0. The molecule has 1 aromatic heterocycles. The molecule has 3 rings (SSSR count). The summed E-state index contributed by atoms with van der Waals surface area (Å²) < 4.78 is 15.2. The van der Waals surface area contributed by atoms with E-state index >= 15 is 0 Å². The minimum Gasteiger partial charge on any atom is -0.302 e. The highest BCUT2D eigenvalue weighted by atomic mass is 35.5. The van der Waals surface area contributed by atoms with E-state index in [-0.39, 0.29) is 24.0 Å². The highest BCUT2D eigenvalue weighted by molar-refractivity contribution is 7.16. The normalized spacial score (nSPS) is 16.0. The fraction of sp³-hybridized carbons (Fsp3) is 0.611. The van der Waals surface area contributed by atoms with Gasteiger partial charge in [-0.25, -0.2) is 0 Å².